The van der Waals surface area contributed by atoms with Gasteiger partial charge in [-0.2, -0.15) is 0 Å². The first-order valence-electron chi connectivity index (χ1n) is 8.76. The third kappa shape index (κ3) is 3.61. The molecule has 1 N–H and O–H groups in total. The van der Waals surface area contributed by atoms with Crippen LogP contribution >= 0.6 is 23.2 Å². The van der Waals surface area contributed by atoms with Crippen LogP contribution in [0.1, 0.15) is 21.5 Å². The zero-order valence-electron chi connectivity index (χ0n) is 15.1. The Morgan fingerprint density at radius 3 is 2.50 bits per heavy atom. The lowest BCUT2D eigenvalue weighted by molar-refractivity contribution is 0.102. The maximum atomic E-state index is 12.8. The number of nitrogens with one attached hydrogen (secondary N) is 1. The molecular formula is C22H17Cl2N3O. The summed E-state index contributed by atoms with van der Waals surface area (Å²) in [5.74, 6) is -0.276. The SMILES string of the molecule is Cc1cn(Cc2ccccc2)c2cc(C(=O)Nc3c(Cl)cncc3Cl)ccc12. The van der Waals surface area contributed by atoms with Gasteiger partial charge < -0.3 is 9.88 Å². The van der Waals surface area contributed by atoms with Gasteiger partial charge in [-0.1, -0.05) is 59.6 Å². The van der Waals surface area contributed by atoms with Crippen molar-refractivity contribution in [2.45, 2.75) is 13.5 Å². The molecule has 2 aromatic carbocycles. The summed E-state index contributed by atoms with van der Waals surface area (Å²) in [5, 5.41) is 4.49. The van der Waals surface area contributed by atoms with Crippen molar-refractivity contribution in [2.75, 3.05) is 5.32 Å². The van der Waals surface area contributed by atoms with Crippen LogP contribution in [0.15, 0.2) is 67.1 Å². The van der Waals surface area contributed by atoms with Gasteiger partial charge in [0.1, 0.15) is 0 Å². The second-order valence-corrected chi connectivity index (χ2v) is 7.40. The number of hydrogen-bond acceptors (Lipinski definition) is 2. The number of carbonyl (C=O) groups is 1. The molecule has 0 fully saturated rings. The summed E-state index contributed by atoms with van der Waals surface area (Å²) in [5.41, 5.74) is 4.26. The maximum Gasteiger partial charge on any atom is 0.255 e. The summed E-state index contributed by atoms with van der Waals surface area (Å²) in [4.78, 5) is 16.7. The number of aromatic nitrogens is 2. The maximum absolute atomic E-state index is 12.8. The number of hydrogen-bond donors (Lipinski definition) is 1. The van der Waals surface area contributed by atoms with Crippen molar-refractivity contribution in [1.82, 2.24) is 9.55 Å². The Kier molecular flexibility index (Phi) is 5.07. The summed E-state index contributed by atoms with van der Waals surface area (Å²) < 4.78 is 2.16. The molecule has 0 atom stereocenters. The minimum absolute atomic E-state index is 0.276. The standard InChI is InChI=1S/C22H17Cl2N3O/c1-14-12-27(13-15-5-3-2-4-6-15)20-9-16(7-8-17(14)20)22(28)26-21-18(23)10-25-11-19(21)24/h2-12H,13H2,1H3,(H,25,26,28). The highest BCUT2D eigenvalue weighted by Gasteiger charge is 2.14. The predicted molar refractivity (Wildman–Crippen MR) is 114 cm³/mol. The number of fused-ring (bicyclic) bond motifs is 1. The van der Waals surface area contributed by atoms with Crippen molar-refractivity contribution in [3.8, 4) is 0 Å². The van der Waals surface area contributed by atoms with E-state index in [1.807, 2.05) is 30.3 Å². The molecule has 0 radical (unpaired) electrons. The van der Waals surface area contributed by atoms with Gasteiger partial charge in [-0.15, -0.1) is 0 Å². The van der Waals surface area contributed by atoms with E-state index in [1.165, 1.54) is 18.0 Å². The number of carbonyl (C=O) groups excluding carboxylic acids is 1. The lowest BCUT2D eigenvalue weighted by Crippen LogP contribution is -2.13. The van der Waals surface area contributed by atoms with Gasteiger partial charge in [-0.05, 0) is 30.2 Å². The fourth-order valence-corrected chi connectivity index (χ4v) is 3.70. The Morgan fingerprint density at radius 1 is 1.07 bits per heavy atom. The first kappa shape index (κ1) is 18.5. The molecule has 1 amide bonds. The first-order valence-corrected chi connectivity index (χ1v) is 9.52. The van der Waals surface area contributed by atoms with Gasteiger partial charge in [0.05, 0.1) is 15.7 Å². The van der Waals surface area contributed by atoms with E-state index >= 15 is 0 Å². The van der Waals surface area contributed by atoms with Gasteiger partial charge >= 0.3 is 0 Å². The van der Waals surface area contributed by atoms with E-state index < -0.39 is 0 Å². The van der Waals surface area contributed by atoms with Crippen LogP contribution in [0, 0.1) is 6.92 Å². The van der Waals surface area contributed by atoms with E-state index in [2.05, 4.69) is 40.1 Å². The minimum Gasteiger partial charge on any atom is -0.343 e. The Labute approximate surface area is 172 Å². The predicted octanol–water partition coefficient (Wildman–Crippen LogP) is 5.95. The molecule has 28 heavy (non-hydrogen) atoms. The zero-order valence-corrected chi connectivity index (χ0v) is 16.6. The molecule has 0 spiro atoms. The number of pyridine rings is 1. The van der Waals surface area contributed by atoms with Gasteiger partial charge in [0, 0.05) is 41.6 Å². The molecule has 0 aliphatic rings. The molecule has 4 aromatic rings. The molecule has 4 rings (SSSR count). The van der Waals surface area contributed by atoms with Crippen LogP contribution in [0.2, 0.25) is 10.0 Å². The van der Waals surface area contributed by atoms with E-state index in [1.54, 1.807) is 6.07 Å². The van der Waals surface area contributed by atoms with Gasteiger partial charge in [-0.3, -0.25) is 9.78 Å². The van der Waals surface area contributed by atoms with Crippen LogP contribution in [0.3, 0.4) is 0 Å². The van der Waals surface area contributed by atoms with E-state index in [-0.39, 0.29) is 5.91 Å². The van der Waals surface area contributed by atoms with Crippen molar-refractivity contribution in [3.63, 3.8) is 0 Å². The fraction of sp³-hybridized carbons (Fsp3) is 0.0909. The van der Waals surface area contributed by atoms with E-state index in [0.29, 0.717) is 21.3 Å². The van der Waals surface area contributed by atoms with E-state index in [4.69, 9.17) is 23.2 Å². The normalized spacial score (nSPS) is 11.0. The summed E-state index contributed by atoms with van der Waals surface area (Å²) in [6.45, 7) is 2.80. The van der Waals surface area contributed by atoms with Crippen LogP contribution in [0.5, 0.6) is 0 Å². The summed E-state index contributed by atoms with van der Waals surface area (Å²) in [6, 6.07) is 15.9. The molecular weight excluding hydrogens is 393 g/mol. The molecule has 0 bridgehead atoms. The number of aryl methyl sites for hydroxylation is 1. The summed E-state index contributed by atoms with van der Waals surface area (Å²) in [6.07, 6.45) is 5.00. The first-order chi connectivity index (χ1) is 13.5. The molecule has 6 heteroatoms. The molecule has 2 aromatic heterocycles. The quantitative estimate of drug-likeness (QED) is 0.452. The van der Waals surface area contributed by atoms with Gasteiger partial charge in [0.15, 0.2) is 0 Å². The summed E-state index contributed by atoms with van der Waals surface area (Å²) in [7, 11) is 0. The van der Waals surface area contributed by atoms with Crippen molar-refractivity contribution in [1.29, 1.82) is 0 Å². The topological polar surface area (TPSA) is 46.9 Å². The molecule has 0 saturated carbocycles. The average Bonchev–Trinajstić information content (AvgIpc) is 3.00. The number of amides is 1. The molecule has 0 saturated heterocycles. The van der Waals surface area contributed by atoms with Crippen LogP contribution in [-0.4, -0.2) is 15.5 Å². The van der Waals surface area contributed by atoms with Gasteiger partial charge in [0.25, 0.3) is 5.91 Å². The molecule has 4 nitrogen and oxygen atoms in total. The average molecular weight is 410 g/mol. The van der Waals surface area contributed by atoms with Crippen LogP contribution in [0.4, 0.5) is 5.69 Å². The number of nitrogens with zero attached hydrogens (tertiary/aromatic N) is 2. The zero-order chi connectivity index (χ0) is 19.7. The van der Waals surface area contributed by atoms with Crippen LogP contribution < -0.4 is 5.32 Å². The minimum atomic E-state index is -0.276. The van der Waals surface area contributed by atoms with Crippen LogP contribution in [-0.2, 0) is 6.54 Å². The summed E-state index contributed by atoms with van der Waals surface area (Å²) >= 11 is 12.2. The van der Waals surface area contributed by atoms with Crippen molar-refractivity contribution in [2.24, 2.45) is 0 Å². The second kappa shape index (κ2) is 7.66. The molecule has 0 aliphatic carbocycles. The lowest BCUT2D eigenvalue weighted by atomic mass is 10.1. The molecule has 2 heterocycles. The number of halogens is 2. The fourth-order valence-electron chi connectivity index (χ4n) is 3.24. The number of benzene rings is 2. The second-order valence-electron chi connectivity index (χ2n) is 6.59. The van der Waals surface area contributed by atoms with Crippen molar-refractivity contribution >= 4 is 45.7 Å². The largest absolute Gasteiger partial charge is 0.343 e. The van der Waals surface area contributed by atoms with Gasteiger partial charge in [-0.25, -0.2) is 0 Å². The Hall–Kier alpha value is -2.82. The molecule has 0 aliphatic heterocycles. The van der Waals surface area contributed by atoms with Crippen LogP contribution in [0.25, 0.3) is 10.9 Å². The monoisotopic (exact) mass is 409 g/mol. The number of anilines is 1. The Bertz CT molecular complexity index is 1150. The lowest BCUT2D eigenvalue weighted by Gasteiger charge is -2.10. The number of rotatable bonds is 4. The van der Waals surface area contributed by atoms with E-state index in [0.717, 1.165) is 23.0 Å². The highest BCUT2D eigenvalue weighted by atomic mass is 35.5. The van der Waals surface area contributed by atoms with Gasteiger partial charge in [0.2, 0.25) is 0 Å². The highest BCUT2D eigenvalue weighted by molar-refractivity contribution is 6.39. The Morgan fingerprint density at radius 2 is 1.79 bits per heavy atom. The third-order valence-corrected chi connectivity index (χ3v) is 5.20. The third-order valence-electron chi connectivity index (χ3n) is 4.63. The highest BCUT2D eigenvalue weighted by Crippen LogP contribution is 2.30. The smallest absolute Gasteiger partial charge is 0.255 e. The van der Waals surface area contributed by atoms with E-state index in [9.17, 15) is 4.79 Å². The Balaban J connectivity index is 1.69. The molecule has 140 valence electrons. The van der Waals surface area contributed by atoms with Crippen molar-refractivity contribution in [3.05, 3.63) is 93.9 Å². The molecule has 0 unspecified atom stereocenters. The van der Waals surface area contributed by atoms with Crippen molar-refractivity contribution < 1.29 is 4.79 Å².